The molecule has 0 unspecified atom stereocenters. The highest BCUT2D eigenvalue weighted by atomic mass is 16.5. The first kappa shape index (κ1) is 12.9. The van der Waals surface area contributed by atoms with Crippen LogP contribution in [0.15, 0.2) is 18.3 Å². The van der Waals surface area contributed by atoms with Crippen molar-refractivity contribution in [2.45, 2.75) is 26.2 Å². The van der Waals surface area contributed by atoms with Crippen LogP contribution in [0, 0.1) is 6.92 Å². The maximum atomic E-state index is 5.10. The SMILES string of the molecule is COc1ccc(-n2c(C)nnc2N2CCCCC2)cn1. The van der Waals surface area contributed by atoms with Crippen molar-refractivity contribution in [2.75, 3.05) is 25.1 Å². The van der Waals surface area contributed by atoms with E-state index in [9.17, 15) is 0 Å². The van der Waals surface area contributed by atoms with Crippen LogP contribution < -0.4 is 9.64 Å². The molecule has 0 saturated carbocycles. The van der Waals surface area contributed by atoms with Crippen molar-refractivity contribution < 1.29 is 4.74 Å². The maximum absolute atomic E-state index is 5.10. The fourth-order valence-corrected chi connectivity index (χ4v) is 2.58. The molecule has 106 valence electrons. The lowest BCUT2D eigenvalue weighted by atomic mass is 10.1. The Bertz CT molecular complexity index is 572. The predicted octanol–water partition coefficient (Wildman–Crippen LogP) is 1.97. The molecule has 0 spiro atoms. The van der Waals surface area contributed by atoms with Gasteiger partial charge in [0.25, 0.3) is 0 Å². The average Bonchev–Trinajstić information content (AvgIpc) is 2.90. The first-order valence-corrected chi connectivity index (χ1v) is 6.97. The van der Waals surface area contributed by atoms with Crippen molar-refractivity contribution >= 4 is 5.95 Å². The number of piperidine rings is 1. The Kier molecular flexibility index (Phi) is 3.54. The molecule has 2 aromatic heterocycles. The number of aryl methyl sites for hydroxylation is 1. The average molecular weight is 273 g/mol. The van der Waals surface area contributed by atoms with Crippen molar-refractivity contribution in [1.29, 1.82) is 0 Å². The van der Waals surface area contributed by atoms with Gasteiger partial charge >= 0.3 is 0 Å². The molecule has 0 bridgehead atoms. The van der Waals surface area contributed by atoms with Gasteiger partial charge in [-0.25, -0.2) is 4.98 Å². The minimum Gasteiger partial charge on any atom is -0.481 e. The van der Waals surface area contributed by atoms with E-state index in [0.29, 0.717) is 5.88 Å². The van der Waals surface area contributed by atoms with E-state index < -0.39 is 0 Å². The second-order valence-corrected chi connectivity index (χ2v) is 4.99. The monoisotopic (exact) mass is 273 g/mol. The van der Waals surface area contributed by atoms with Gasteiger partial charge < -0.3 is 9.64 Å². The topological polar surface area (TPSA) is 56.1 Å². The molecule has 0 atom stereocenters. The van der Waals surface area contributed by atoms with Gasteiger partial charge in [-0.05, 0) is 32.3 Å². The standard InChI is InChI=1S/C14H19N5O/c1-11-16-17-14(18-8-4-3-5-9-18)19(11)12-6-7-13(20-2)15-10-12/h6-7,10H,3-5,8-9H2,1-2H3. The lowest BCUT2D eigenvalue weighted by molar-refractivity contribution is 0.398. The Morgan fingerprint density at radius 3 is 2.55 bits per heavy atom. The lowest BCUT2D eigenvalue weighted by Gasteiger charge is -2.27. The van der Waals surface area contributed by atoms with Crippen LogP contribution in [0.1, 0.15) is 25.1 Å². The molecule has 1 saturated heterocycles. The summed E-state index contributed by atoms with van der Waals surface area (Å²) in [5, 5.41) is 8.56. The van der Waals surface area contributed by atoms with Crippen LogP contribution in [0.3, 0.4) is 0 Å². The van der Waals surface area contributed by atoms with Crippen LogP contribution in [0.2, 0.25) is 0 Å². The van der Waals surface area contributed by atoms with E-state index in [1.807, 2.05) is 19.1 Å². The second-order valence-electron chi connectivity index (χ2n) is 4.99. The molecule has 0 radical (unpaired) electrons. The fourth-order valence-electron chi connectivity index (χ4n) is 2.58. The number of anilines is 1. The lowest BCUT2D eigenvalue weighted by Crippen LogP contribution is -2.31. The third-order valence-corrected chi connectivity index (χ3v) is 3.63. The molecule has 3 rings (SSSR count). The van der Waals surface area contributed by atoms with E-state index >= 15 is 0 Å². The van der Waals surface area contributed by atoms with E-state index in [2.05, 4.69) is 24.6 Å². The van der Waals surface area contributed by atoms with Gasteiger partial charge in [-0.2, -0.15) is 0 Å². The molecule has 0 aromatic carbocycles. The van der Waals surface area contributed by atoms with Gasteiger partial charge in [0.1, 0.15) is 5.82 Å². The van der Waals surface area contributed by atoms with Gasteiger partial charge in [0, 0.05) is 19.2 Å². The van der Waals surface area contributed by atoms with Crippen molar-refractivity contribution in [3.63, 3.8) is 0 Å². The molecule has 2 aromatic rings. The van der Waals surface area contributed by atoms with E-state index in [0.717, 1.165) is 30.5 Å². The number of aromatic nitrogens is 4. The molecule has 20 heavy (non-hydrogen) atoms. The van der Waals surface area contributed by atoms with Gasteiger partial charge in [-0.3, -0.25) is 4.57 Å². The second kappa shape index (κ2) is 5.48. The highest BCUT2D eigenvalue weighted by Gasteiger charge is 2.19. The smallest absolute Gasteiger partial charge is 0.231 e. The summed E-state index contributed by atoms with van der Waals surface area (Å²) in [4.78, 5) is 6.56. The Balaban J connectivity index is 1.96. The Hall–Kier alpha value is -2.11. The van der Waals surface area contributed by atoms with Crippen LogP contribution >= 0.6 is 0 Å². The number of hydrogen-bond donors (Lipinski definition) is 0. The molecular weight excluding hydrogens is 254 g/mol. The summed E-state index contributed by atoms with van der Waals surface area (Å²) in [5.74, 6) is 2.39. The fraction of sp³-hybridized carbons (Fsp3) is 0.500. The summed E-state index contributed by atoms with van der Waals surface area (Å²) in [6.45, 7) is 4.05. The van der Waals surface area contributed by atoms with Crippen LogP contribution in [0.25, 0.3) is 5.69 Å². The van der Waals surface area contributed by atoms with Crippen molar-refractivity contribution in [1.82, 2.24) is 19.7 Å². The first-order valence-electron chi connectivity index (χ1n) is 6.97. The minimum absolute atomic E-state index is 0.610. The summed E-state index contributed by atoms with van der Waals surface area (Å²) in [7, 11) is 1.62. The quantitative estimate of drug-likeness (QED) is 0.855. The number of methoxy groups -OCH3 is 1. The highest BCUT2D eigenvalue weighted by Crippen LogP contribution is 2.23. The van der Waals surface area contributed by atoms with Crippen LogP contribution in [0.4, 0.5) is 5.95 Å². The highest BCUT2D eigenvalue weighted by molar-refractivity contribution is 5.44. The summed E-state index contributed by atoms with van der Waals surface area (Å²) in [6, 6.07) is 3.84. The molecule has 6 nitrogen and oxygen atoms in total. The zero-order valence-corrected chi connectivity index (χ0v) is 11.9. The van der Waals surface area contributed by atoms with Gasteiger partial charge in [0.15, 0.2) is 0 Å². The number of rotatable bonds is 3. The van der Waals surface area contributed by atoms with Gasteiger partial charge in [0.2, 0.25) is 11.8 Å². The van der Waals surface area contributed by atoms with E-state index in [1.165, 1.54) is 19.3 Å². The van der Waals surface area contributed by atoms with E-state index in [-0.39, 0.29) is 0 Å². The first-order chi connectivity index (χ1) is 9.79. The number of ether oxygens (including phenoxy) is 1. The van der Waals surface area contributed by atoms with Gasteiger partial charge in [-0.15, -0.1) is 10.2 Å². The predicted molar refractivity (Wildman–Crippen MR) is 76.5 cm³/mol. The van der Waals surface area contributed by atoms with E-state index in [4.69, 9.17) is 4.74 Å². The Morgan fingerprint density at radius 2 is 1.90 bits per heavy atom. The summed E-state index contributed by atoms with van der Waals surface area (Å²) < 4.78 is 7.15. The molecule has 3 heterocycles. The van der Waals surface area contributed by atoms with Crippen LogP contribution in [0.5, 0.6) is 5.88 Å². The summed E-state index contributed by atoms with van der Waals surface area (Å²) in [6.07, 6.45) is 5.52. The molecule has 0 amide bonds. The van der Waals surface area contributed by atoms with Crippen LogP contribution in [-0.4, -0.2) is 39.9 Å². The maximum Gasteiger partial charge on any atom is 0.231 e. The molecular formula is C14H19N5O. The zero-order chi connectivity index (χ0) is 13.9. The third-order valence-electron chi connectivity index (χ3n) is 3.63. The summed E-state index contributed by atoms with van der Waals surface area (Å²) >= 11 is 0. The number of nitrogens with zero attached hydrogens (tertiary/aromatic N) is 5. The van der Waals surface area contributed by atoms with Gasteiger partial charge in [0.05, 0.1) is 19.0 Å². The molecule has 1 fully saturated rings. The Labute approximate surface area is 118 Å². The van der Waals surface area contributed by atoms with E-state index in [1.54, 1.807) is 13.3 Å². The van der Waals surface area contributed by atoms with Crippen molar-refractivity contribution in [3.05, 3.63) is 24.2 Å². The normalized spacial score (nSPS) is 15.4. The number of hydrogen-bond acceptors (Lipinski definition) is 5. The molecule has 6 heteroatoms. The summed E-state index contributed by atoms with van der Waals surface area (Å²) in [5.41, 5.74) is 0.967. The van der Waals surface area contributed by atoms with Crippen LogP contribution in [-0.2, 0) is 0 Å². The molecule has 1 aliphatic heterocycles. The largest absolute Gasteiger partial charge is 0.481 e. The van der Waals surface area contributed by atoms with Gasteiger partial charge in [-0.1, -0.05) is 0 Å². The molecule has 1 aliphatic rings. The molecule has 0 aliphatic carbocycles. The Morgan fingerprint density at radius 1 is 1.10 bits per heavy atom. The third kappa shape index (κ3) is 2.33. The number of pyridine rings is 1. The minimum atomic E-state index is 0.610. The van der Waals surface area contributed by atoms with Crippen molar-refractivity contribution in [2.24, 2.45) is 0 Å². The van der Waals surface area contributed by atoms with Crippen molar-refractivity contribution in [3.8, 4) is 11.6 Å². The molecule has 0 N–H and O–H groups in total. The zero-order valence-electron chi connectivity index (χ0n) is 11.9.